The molecule has 100 valence electrons. The number of hydrogen-bond donors (Lipinski definition) is 1. The van der Waals surface area contributed by atoms with E-state index in [1.54, 1.807) is 0 Å². The number of carbonyl (C=O) groups excluding carboxylic acids is 1. The van der Waals surface area contributed by atoms with Crippen molar-refractivity contribution in [3.8, 4) is 0 Å². The van der Waals surface area contributed by atoms with Gasteiger partial charge in [0.05, 0.1) is 12.6 Å². The summed E-state index contributed by atoms with van der Waals surface area (Å²) in [5.74, 6) is -1.20. The molecule has 18 heavy (non-hydrogen) atoms. The highest BCUT2D eigenvalue weighted by Crippen LogP contribution is 2.29. The lowest BCUT2D eigenvalue weighted by Crippen LogP contribution is -2.46. The van der Waals surface area contributed by atoms with E-state index in [0.29, 0.717) is 0 Å². The molecule has 0 radical (unpaired) electrons. The summed E-state index contributed by atoms with van der Waals surface area (Å²) in [6, 6.07) is -0.679. The fourth-order valence-electron chi connectivity index (χ4n) is 1.84. The van der Waals surface area contributed by atoms with Gasteiger partial charge in [0.1, 0.15) is 0 Å². The molecule has 6 nitrogen and oxygen atoms in total. The number of carbonyl (C=O) groups is 1. The Labute approximate surface area is 101 Å². The maximum atomic E-state index is 12.6. The highest BCUT2D eigenvalue weighted by Gasteiger charge is 2.39. The second-order valence-corrected chi connectivity index (χ2v) is 4.14. The fourth-order valence-corrected chi connectivity index (χ4v) is 1.84. The van der Waals surface area contributed by atoms with Crippen molar-refractivity contribution in [3.05, 3.63) is 11.6 Å². The van der Waals surface area contributed by atoms with Crippen LogP contribution < -0.4 is 5.73 Å². The standard InChI is InChI=1S/C9H12F3N5O/c1-5(13)7(18)16-2-3-17-6(4-16)14-15-8(17)9(10,11)12/h5H,2-4,13H2,1H3. The Kier molecular flexibility index (Phi) is 3.01. The van der Waals surface area contributed by atoms with Crippen LogP contribution in [-0.2, 0) is 24.1 Å². The van der Waals surface area contributed by atoms with Gasteiger partial charge in [-0.3, -0.25) is 4.79 Å². The number of amides is 1. The molecule has 1 atom stereocenters. The van der Waals surface area contributed by atoms with E-state index in [2.05, 4.69) is 10.2 Å². The monoisotopic (exact) mass is 263 g/mol. The summed E-state index contributed by atoms with van der Waals surface area (Å²) in [7, 11) is 0. The highest BCUT2D eigenvalue weighted by atomic mass is 19.4. The Hall–Kier alpha value is -1.64. The quantitative estimate of drug-likeness (QED) is 0.773. The van der Waals surface area contributed by atoms with Crippen LogP contribution in [0.2, 0.25) is 0 Å². The van der Waals surface area contributed by atoms with E-state index in [1.165, 1.54) is 11.8 Å². The molecule has 0 saturated heterocycles. The topological polar surface area (TPSA) is 77.0 Å². The maximum absolute atomic E-state index is 12.6. The lowest BCUT2D eigenvalue weighted by atomic mass is 10.2. The first kappa shape index (κ1) is 12.8. The summed E-state index contributed by atoms with van der Waals surface area (Å²) >= 11 is 0. The summed E-state index contributed by atoms with van der Waals surface area (Å²) in [4.78, 5) is 13.0. The third-order valence-corrected chi connectivity index (χ3v) is 2.71. The first-order chi connectivity index (χ1) is 8.30. The molecule has 0 fully saturated rings. The van der Waals surface area contributed by atoms with Crippen LogP contribution in [0.1, 0.15) is 18.6 Å². The fraction of sp³-hybridized carbons (Fsp3) is 0.667. The van der Waals surface area contributed by atoms with Crippen molar-refractivity contribution >= 4 is 5.91 Å². The summed E-state index contributed by atoms with van der Waals surface area (Å²) in [5.41, 5.74) is 5.45. The van der Waals surface area contributed by atoms with Gasteiger partial charge in [-0.05, 0) is 6.92 Å². The largest absolute Gasteiger partial charge is 0.451 e. The van der Waals surface area contributed by atoms with Crippen LogP contribution in [0.5, 0.6) is 0 Å². The van der Waals surface area contributed by atoms with Gasteiger partial charge >= 0.3 is 6.18 Å². The molecule has 0 aromatic carbocycles. The molecule has 1 aliphatic rings. The van der Waals surface area contributed by atoms with Crippen LogP contribution in [0, 0.1) is 0 Å². The minimum atomic E-state index is -4.53. The summed E-state index contributed by atoms with van der Waals surface area (Å²) < 4.78 is 38.7. The predicted octanol–water partition coefficient (Wildman–Crippen LogP) is -0.0137. The van der Waals surface area contributed by atoms with Gasteiger partial charge in [0.15, 0.2) is 5.82 Å². The third-order valence-electron chi connectivity index (χ3n) is 2.71. The number of rotatable bonds is 1. The highest BCUT2D eigenvalue weighted by molar-refractivity contribution is 5.81. The van der Waals surface area contributed by atoms with E-state index in [1.807, 2.05) is 0 Å². The van der Waals surface area contributed by atoms with Gasteiger partial charge in [-0.1, -0.05) is 0 Å². The van der Waals surface area contributed by atoms with Crippen molar-refractivity contribution in [1.82, 2.24) is 19.7 Å². The Bertz CT molecular complexity index is 467. The van der Waals surface area contributed by atoms with Crippen LogP contribution in [0.15, 0.2) is 0 Å². The zero-order valence-corrected chi connectivity index (χ0v) is 9.61. The lowest BCUT2D eigenvalue weighted by molar-refractivity contribution is -0.148. The van der Waals surface area contributed by atoms with Crippen molar-refractivity contribution in [3.63, 3.8) is 0 Å². The van der Waals surface area contributed by atoms with E-state index in [0.717, 1.165) is 4.57 Å². The number of hydrogen-bond acceptors (Lipinski definition) is 4. The van der Waals surface area contributed by atoms with E-state index in [9.17, 15) is 18.0 Å². The van der Waals surface area contributed by atoms with Crippen molar-refractivity contribution in [1.29, 1.82) is 0 Å². The van der Waals surface area contributed by atoms with Gasteiger partial charge in [0.25, 0.3) is 0 Å². The molecule has 9 heteroatoms. The van der Waals surface area contributed by atoms with Crippen molar-refractivity contribution in [2.24, 2.45) is 5.73 Å². The van der Waals surface area contributed by atoms with Gasteiger partial charge in [0, 0.05) is 13.1 Å². The SMILES string of the molecule is CC(N)C(=O)N1CCn2c(nnc2C(F)(F)F)C1. The summed E-state index contributed by atoms with van der Waals surface area (Å²) in [6.45, 7) is 1.73. The number of fused-ring (bicyclic) bond motifs is 1. The van der Waals surface area contributed by atoms with Crippen molar-refractivity contribution in [2.45, 2.75) is 32.2 Å². The Morgan fingerprint density at radius 2 is 2.06 bits per heavy atom. The zero-order valence-electron chi connectivity index (χ0n) is 9.61. The second-order valence-electron chi connectivity index (χ2n) is 4.14. The zero-order chi connectivity index (χ0) is 13.5. The number of alkyl halides is 3. The number of halogens is 3. The van der Waals surface area contributed by atoms with Crippen LogP contribution >= 0.6 is 0 Å². The van der Waals surface area contributed by atoms with Crippen LogP contribution in [0.3, 0.4) is 0 Å². The molecule has 2 N–H and O–H groups in total. The number of aromatic nitrogens is 3. The molecule has 2 rings (SSSR count). The molecular weight excluding hydrogens is 251 g/mol. The number of nitrogens with zero attached hydrogens (tertiary/aromatic N) is 4. The average Bonchev–Trinajstić information content (AvgIpc) is 2.69. The molecule has 0 aliphatic carbocycles. The molecule has 1 aromatic rings. The van der Waals surface area contributed by atoms with Gasteiger partial charge in [0.2, 0.25) is 11.7 Å². The normalized spacial score (nSPS) is 17.5. The minimum absolute atomic E-state index is 0.00343. The first-order valence-electron chi connectivity index (χ1n) is 5.34. The van der Waals surface area contributed by atoms with E-state index in [-0.39, 0.29) is 31.4 Å². The molecule has 0 spiro atoms. The second kappa shape index (κ2) is 4.23. The first-order valence-corrected chi connectivity index (χ1v) is 5.34. The minimum Gasteiger partial charge on any atom is -0.332 e. The Morgan fingerprint density at radius 1 is 1.39 bits per heavy atom. The predicted molar refractivity (Wildman–Crippen MR) is 54.1 cm³/mol. The lowest BCUT2D eigenvalue weighted by Gasteiger charge is -2.29. The summed E-state index contributed by atoms with van der Waals surface area (Å²) in [6.07, 6.45) is -4.53. The molecule has 2 heterocycles. The van der Waals surface area contributed by atoms with E-state index >= 15 is 0 Å². The Balaban J connectivity index is 2.23. The third kappa shape index (κ3) is 2.17. The van der Waals surface area contributed by atoms with E-state index < -0.39 is 18.0 Å². The van der Waals surface area contributed by atoms with Gasteiger partial charge in [-0.2, -0.15) is 13.2 Å². The van der Waals surface area contributed by atoms with Crippen molar-refractivity contribution in [2.75, 3.05) is 6.54 Å². The van der Waals surface area contributed by atoms with Crippen LogP contribution in [0.25, 0.3) is 0 Å². The van der Waals surface area contributed by atoms with Crippen LogP contribution in [-0.4, -0.2) is 38.2 Å². The smallest absolute Gasteiger partial charge is 0.332 e. The van der Waals surface area contributed by atoms with Crippen LogP contribution in [0.4, 0.5) is 13.2 Å². The molecule has 1 aliphatic heterocycles. The van der Waals surface area contributed by atoms with Gasteiger partial charge in [-0.15, -0.1) is 10.2 Å². The number of nitrogens with two attached hydrogens (primary N) is 1. The molecule has 1 unspecified atom stereocenters. The molecule has 1 aromatic heterocycles. The van der Waals surface area contributed by atoms with Crippen molar-refractivity contribution < 1.29 is 18.0 Å². The molecule has 1 amide bonds. The van der Waals surface area contributed by atoms with E-state index in [4.69, 9.17) is 5.73 Å². The van der Waals surface area contributed by atoms with Gasteiger partial charge in [-0.25, -0.2) is 0 Å². The molecule has 0 saturated carbocycles. The average molecular weight is 263 g/mol. The molecule has 0 bridgehead atoms. The Morgan fingerprint density at radius 3 is 2.61 bits per heavy atom. The van der Waals surface area contributed by atoms with Gasteiger partial charge < -0.3 is 15.2 Å². The summed E-state index contributed by atoms with van der Waals surface area (Å²) in [5, 5.41) is 6.60. The maximum Gasteiger partial charge on any atom is 0.451 e. The molecular formula is C9H12F3N5O.